The molecule has 4 unspecified atom stereocenters. The maximum Gasteiger partial charge on any atom is 0.119 e. The standard InChI is InChI=1S/C27H24O/c1-3-17(18-5-7-19(8-6-18)26-22-13-23(22)26)4-2-16(1)15-28-21-11-9-20(10-12-21)27-24-14-25(24)27/h1-12,22-27H,13-15H2. The highest BCUT2D eigenvalue weighted by molar-refractivity contribution is 5.64. The zero-order valence-electron chi connectivity index (χ0n) is 15.9. The lowest BCUT2D eigenvalue weighted by Gasteiger charge is -2.10. The quantitative estimate of drug-likeness (QED) is 0.492. The molecular weight excluding hydrogens is 340 g/mol. The average molecular weight is 364 g/mol. The van der Waals surface area contributed by atoms with Crippen LogP contribution in [0.2, 0.25) is 0 Å². The van der Waals surface area contributed by atoms with Crippen LogP contribution in [-0.4, -0.2) is 0 Å². The zero-order valence-corrected chi connectivity index (χ0v) is 15.9. The highest BCUT2D eigenvalue weighted by Gasteiger charge is 2.64. The molecule has 28 heavy (non-hydrogen) atoms. The minimum absolute atomic E-state index is 0.623. The third-order valence-electron chi connectivity index (χ3n) is 7.60. The van der Waals surface area contributed by atoms with Gasteiger partial charge in [0.1, 0.15) is 12.4 Å². The van der Waals surface area contributed by atoms with Crippen molar-refractivity contribution in [1.29, 1.82) is 0 Å². The minimum Gasteiger partial charge on any atom is -0.489 e. The molecule has 138 valence electrons. The summed E-state index contributed by atoms with van der Waals surface area (Å²) in [7, 11) is 0. The molecule has 0 spiro atoms. The highest BCUT2D eigenvalue weighted by atomic mass is 16.5. The van der Waals surface area contributed by atoms with Crippen molar-refractivity contribution in [3.63, 3.8) is 0 Å². The number of ether oxygens (including phenoxy) is 1. The van der Waals surface area contributed by atoms with Gasteiger partial charge in [0.2, 0.25) is 0 Å². The van der Waals surface area contributed by atoms with Crippen LogP contribution < -0.4 is 4.74 Å². The predicted octanol–water partition coefficient (Wildman–Crippen LogP) is 6.40. The van der Waals surface area contributed by atoms with Crippen LogP contribution in [0, 0.1) is 23.7 Å². The number of rotatable bonds is 6. The van der Waals surface area contributed by atoms with E-state index in [9.17, 15) is 0 Å². The van der Waals surface area contributed by atoms with E-state index in [1.54, 1.807) is 5.56 Å². The number of benzene rings is 3. The van der Waals surface area contributed by atoms with Crippen LogP contribution in [0.25, 0.3) is 11.1 Å². The third-order valence-corrected chi connectivity index (χ3v) is 7.60. The molecule has 0 heterocycles. The van der Waals surface area contributed by atoms with Gasteiger partial charge in [-0.25, -0.2) is 0 Å². The van der Waals surface area contributed by atoms with E-state index in [4.69, 9.17) is 4.74 Å². The molecule has 7 rings (SSSR count). The Labute approximate surface area is 166 Å². The SMILES string of the molecule is c1cc(-c2ccc(C3C4CC43)cc2)ccc1COc1ccc(C2C3CC32)cc1. The van der Waals surface area contributed by atoms with E-state index in [1.165, 1.54) is 35.1 Å². The van der Waals surface area contributed by atoms with Crippen molar-refractivity contribution in [1.82, 2.24) is 0 Å². The molecule has 4 aliphatic rings. The second kappa shape index (κ2) is 5.50. The van der Waals surface area contributed by atoms with Gasteiger partial charge in [-0.15, -0.1) is 0 Å². The van der Waals surface area contributed by atoms with Crippen LogP contribution in [0.4, 0.5) is 0 Å². The monoisotopic (exact) mass is 364 g/mol. The first kappa shape index (κ1) is 15.4. The van der Waals surface area contributed by atoms with Crippen molar-refractivity contribution in [3.8, 4) is 16.9 Å². The Balaban J connectivity index is 0.989. The molecule has 0 N–H and O–H groups in total. The number of hydrogen-bond acceptors (Lipinski definition) is 1. The van der Waals surface area contributed by atoms with Crippen LogP contribution in [-0.2, 0) is 6.61 Å². The predicted molar refractivity (Wildman–Crippen MR) is 111 cm³/mol. The van der Waals surface area contributed by atoms with Gasteiger partial charge in [-0.2, -0.15) is 0 Å². The molecule has 4 saturated carbocycles. The van der Waals surface area contributed by atoms with Gasteiger partial charge in [-0.3, -0.25) is 0 Å². The fraction of sp³-hybridized carbons (Fsp3) is 0.333. The van der Waals surface area contributed by atoms with Crippen molar-refractivity contribution >= 4 is 0 Å². The van der Waals surface area contributed by atoms with E-state index >= 15 is 0 Å². The molecule has 4 atom stereocenters. The van der Waals surface area contributed by atoms with Gasteiger partial charge in [0.15, 0.2) is 0 Å². The zero-order chi connectivity index (χ0) is 18.2. The third kappa shape index (κ3) is 2.53. The Hall–Kier alpha value is -2.54. The van der Waals surface area contributed by atoms with Crippen molar-refractivity contribution in [3.05, 3.63) is 89.5 Å². The second-order valence-corrected chi connectivity index (χ2v) is 9.36. The van der Waals surface area contributed by atoms with Crippen LogP contribution >= 0.6 is 0 Å². The lowest BCUT2D eigenvalue weighted by molar-refractivity contribution is 0.306. The van der Waals surface area contributed by atoms with Crippen LogP contribution in [0.15, 0.2) is 72.8 Å². The minimum atomic E-state index is 0.623. The molecule has 3 aromatic rings. The van der Waals surface area contributed by atoms with E-state index in [0.29, 0.717) is 6.61 Å². The first-order valence-electron chi connectivity index (χ1n) is 10.8. The van der Waals surface area contributed by atoms with Gasteiger partial charge in [0, 0.05) is 0 Å². The molecule has 0 aromatic heterocycles. The smallest absolute Gasteiger partial charge is 0.119 e. The number of fused-ring (bicyclic) bond motifs is 2. The molecule has 0 radical (unpaired) electrons. The summed E-state index contributed by atoms with van der Waals surface area (Å²) < 4.78 is 5.99. The molecule has 0 bridgehead atoms. The summed E-state index contributed by atoms with van der Waals surface area (Å²) in [5, 5.41) is 0. The lowest BCUT2D eigenvalue weighted by atomic mass is 9.98. The molecule has 3 aromatic carbocycles. The maximum atomic E-state index is 5.99. The summed E-state index contributed by atoms with van der Waals surface area (Å²) in [5.74, 6) is 6.81. The van der Waals surface area contributed by atoms with Gasteiger partial charge in [-0.1, -0.05) is 60.7 Å². The first-order valence-corrected chi connectivity index (χ1v) is 10.8. The average Bonchev–Trinajstić information content (AvgIpc) is 3.53. The Morgan fingerprint density at radius 2 is 1.04 bits per heavy atom. The summed E-state index contributed by atoms with van der Waals surface area (Å²) in [5.41, 5.74) is 6.84. The van der Waals surface area contributed by atoms with Gasteiger partial charge >= 0.3 is 0 Å². The molecule has 0 amide bonds. The topological polar surface area (TPSA) is 9.23 Å². The molecule has 4 fully saturated rings. The summed E-state index contributed by atoms with van der Waals surface area (Å²) >= 11 is 0. The van der Waals surface area contributed by atoms with Crippen LogP contribution in [0.1, 0.15) is 41.4 Å². The normalized spacial score (nSPS) is 32.9. The molecule has 4 aliphatic carbocycles. The Bertz CT molecular complexity index is 1020. The largest absolute Gasteiger partial charge is 0.489 e. The van der Waals surface area contributed by atoms with Crippen LogP contribution in [0.5, 0.6) is 5.75 Å². The molecule has 1 heteroatoms. The van der Waals surface area contributed by atoms with Gasteiger partial charge < -0.3 is 4.74 Å². The Morgan fingerprint density at radius 3 is 1.50 bits per heavy atom. The molecule has 0 saturated heterocycles. The van der Waals surface area contributed by atoms with E-state index in [2.05, 4.69) is 72.8 Å². The molecule has 1 nitrogen and oxygen atoms in total. The highest BCUT2D eigenvalue weighted by Crippen LogP contribution is 2.73. The number of hydrogen-bond donors (Lipinski definition) is 0. The van der Waals surface area contributed by atoms with Gasteiger partial charge in [0.05, 0.1) is 0 Å². The van der Waals surface area contributed by atoms with E-state index in [0.717, 1.165) is 41.3 Å². The van der Waals surface area contributed by atoms with Gasteiger partial charge in [0.25, 0.3) is 0 Å². The second-order valence-electron chi connectivity index (χ2n) is 9.36. The maximum absolute atomic E-state index is 5.99. The van der Waals surface area contributed by atoms with E-state index in [1.807, 2.05) is 0 Å². The van der Waals surface area contributed by atoms with Crippen LogP contribution in [0.3, 0.4) is 0 Å². The first-order chi connectivity index (χ1) is 13.8. The molecular formula is C27H24O. The van der Waals surface area contributed by atoms with Crippen molar-refractivity contribution in [2.45, 2.75) is 31.3 Å². The summed E-state index contributed by atoms with van der Waals surface area (Å²) in [4.78, 5) is 0. The summed E-state index contributed by atoms with van der Waals surface area (Å²) in [6, 6.07) is 26.8. The van der Waals surface area contributed by atoms with Gasteiger partial charge in [-0.05, 0) is 88.3 Å². The van der Waals surface area contributed by atoms with Crippen molar-refractivity contribution in [2.75, 3.05) is 0 Å². The molecule has 0 aliphatic heterocycles. The Kier molecular flexibility index (Phi) is 3.02. The fourth-order valence-electron chi connectivity index (χ4n) is 5.19. The Morgan fingerprint density at radius 1 is 0.571 bits per heavy atom. The van der Waals surface area contributed by atoms with Crippen molar-refractivity contribution in [2.24, 2.45) is 23.7 Å². The lowest BCUT2D eigenvalue weighted by Crippen LogP contribution is -1.96. The summed E-state index contributed by atoms with van der Waals surface area (Å²) in [6.07, 6.45) is 2.94. The van der Waals surface area contributed by atoms with Crippen molar-refractivity contribution < 1.29 is 4.74 Å². The summed E-state index contributed by atoms with van der Waals surface area (Å²) in [6.45, 7) is 0.623. The fourth-order valence-corrected chi connectivity index (χ4v) is 5.19. The van der Waals surface area contributed by atoms with E-state index < -0.39 is 0 Å². The van der Waals surface area contributed by atoms with E-state index in [-0.39, 0.29) is 0 Å².